The highest BCUT2D eigenvalue weighted by atomic mass is 19.2. The summed E-state index contributed by atoms with van der Waals surface area (Å²) in [5.74, 6) is -5.85. The number of amides is 2. The molecule has 0 bridgehead atoms. The first-order valence-corrected chi connectivity index (χ1v) is 7.79. The van der Waals surface area contributed by atoms with Crippen LogP contribution < -0.4 is 5.32 Å². The normalized spacial score (nSPS) is 23.8. The molecule has 3 rings (SSSR count). The number of nitrogens with zero attached hydrogens (tertiary/aromatic N) is 1. The Balaban J connectivity index is 1.61. The van der Waals surface area contributed by atoms with Crippen molar-refractivity contribution in [2.45, 2.75) is 25.4 Å². The molecule has 0 radical (unpaired) electrons. The van der Waals surface area contributed by atoms with E-state index >= 15 is 0 Å². The molecule has 2 amide bonds. The van der Waals surface area contributed by atoms with Gasteiger partial charge in [-0.2, -0.15) is 0 Å². The number of carbonyl (C=O) groups is 2. The van der Waals surface area contributed by atoms with E-state index in [1.54, 1.807) is 4.90 Å². The highest BCUT2D eigenvalue weighted by Crippen LogP contribution is 2.24. The summed E-state index contributed by atoms with van der Waals surface area (Å²) in [5, 5.41) is 2.22. The van der Waals surface area contributed by atoms with Gasteiger partial charge in [-0.05, 0) is 25.0 Å². The van der Waals surface area contributed by atoms with Crippen LogP contribution in [0.2, 0.25) is 0 Å². The van der Waals surface area contributed by atoms with Gasteiger partial charge >= 0.3 is 0 Å². The van der Waals surface area contributed by atoms with Crippen molar-refractivity contribution in [1.29, 1.82) is 0 Å². The van der Waals surface area contributed by atoms with Crippen LogP contribution in [0.1, 0.15) is 19.3 Å². The number of hydrogen-bond donors (Lipinski definition) is 1. The molecule has 1 aromatic carbocycles. The molecule has 130 valence electrons. The summed E-state index contributed by atoms with van der Waals surface area (Å²) in [6.07, 6.45) is 1.82. The quantitative estimate of drug-likeness (QED) is 0.853. The van der Waals surface area contributed by atoms with Crippen molar-refractivity contribution in [2.24, 2.45) is 5.92 Å². The van der Waals surface area contributed by atoms with Gasteiger partial charge in [-0.15, -0.1) is 0 Å². The van der Waals surface area contributed by atoms with Crippen LogP contribution in [-0.2, 0) is 14.3 Å². The minimum Gasteiger partial charge on any atom is -0.376 e. The van der Waals surface area contributed by atoms with Crippen LogP contribution in [0.4, 0.5) is 18.9 Å². The van der Waals surface area contributed by atoms with Crippen molar-refractivity contribution in [3.05, 3.63) is 29.6 Å². The van der Waals surface area contributed by atoms with E-state index in [0.29, 0.717) is 13.2 Å². The first-order valence-electron chi connectivity index (χ1n) is 7.79. The maximum atomic E-state index is 13.6. The Bertz CT molecular complexity index is 662. The lowest BCUT2D eigenvalue weighted by Crippen LogP contribution is -2.34. The molecule has 0 saturated carbocycles. The third-order valence-electron chi connectivity index (χ3n) is 4.33. The Hall–Kier alpha value is -2.09. The summed E-state index contributed by atoms with van der Waals surface area (Å²) in [6.45, 7) is 1.31. The zero-order valence-electron chi connectivity index (χ0n) is 12.9. The first-order chi connectivity index (χ1) is 11.5. The topological polar surface area (TPSA) is 58.6 Å². The van der Waals surface area contributed by atoms with Crippen molar-refractivity contribution in [3.8, 4) is 0 Å². The van der Waals surface area contributed by atoms with E-state index < -0.39 is 35.0 Å². The minimum absolute atomic E-state index is 0.00382. The van der Waals surface area contributed by atoms with Crippen LogP contribution in [0, 0.1) is 23.4 Å². The Labute approximate surface area is 136 Å². The minimum atomic E-state index is -1.64. The van der Waals surface area contributed by atoms with E-state index in [-0.39, 0.29) is 25.0 Å². The summed E-state index contributed by atoms with van der Waals surface area (Å²) in [4.78, 5) is 25.7. The highest BCUT2D eigenvalue weighted by Gasteiger charge is 2.36. The first kappa shape index (κ1) is 16.8. The smallest absolute Gasteiger partial charge is 0.229 e. The monoisotopic (exact) mass is 342 g/mol. The molecule has 1 N–H and O–H groups in total. The molecule has 0 spiro atoms. The van der Waals surface area contributed by atoms with Gasteiger partial charge in [-0.3, -0.25) is 9.59 Å². The number of hydrogen-bond acceptors (Lipinski definition) is 3. The van der Waals surface area contributed by atoms with Gasteiger partial charge < -0.3 is 15.0 Å². The van der Waals surface area contributed by atoms with Crippen molar-refractivity contribution in [2.75, 3.05) is 25.0 Å². The Morgan fingerprint density at radius 1 is 1.29 bits per heavy atom. The van der Waals surface area contributed by atoms with Gasteiger partial charge in [0.1, 0.15) is 0 Å². The van der Waals surface area contributed by atoms with Crippen LogP contribution in [0.25, 0.3) is 0 Å². The standard InChI is InChI=1S/C16H17F3N2O3/c17-11-3-4-12(15(19)14(11)18)20-16(23)9-6-13(22)21(7-9)8-10-2-1-5-24-10/h3-4,9-10H,1-2,5-8H2,(H,20,23). The zero-order valence-corrected chi connectivity index (χ0v) is 12.9. The number of carbonyl (C=O) groups excluding carboxylic acids is 2. The number of ether oxygens (including phenoxy) is 1. The van der Waals surface area contributed by atoms with Crippen LogP contribution in [0.15, 0.2) is 12.1 Å². The summed E-state index contributed by atoms with van der Waals surface area (Å²) >= 11 is 0. The summed E-state index contributed by atoms with van der Waals surface area (Å²) in [6, 6.07) is 1.68. The predicted molar refractivity (Wildman–Crippen MR) is 78.6 cm³/mol. The van der Waals surface area contributed by atoms with Gasteiger partial charge in [0.05, 0.1) is 17.7 Å². The Morgan fingerprint density at radius 3 is 2.79 bits per heavy atom. The summed E-state index contributed by atoms with van der Waals surface area (Å²) in [5.41, 5.74) is -0.441. The van der Waals surface area contributed by atoms with Gasteiger partial charge in [0.2, 0.25) is 11.8 Å². The third kappa shape index (κ3) is 3.38. The molecule has 2 fully saturated rings. The van der Waals surface area contributed by atoms with Crippen molar-refractivity contribution >= 4 is 17.5 Å². The van der Waals surface area contributed by atoms with Gasteiger partial charge in [-0.25, -0.2) is 13.2 Å². The number of halogens is 3. The number of benzene rings is 1. The van der Waals surface area contributed by atoms with Gasteiger partial charge in [-0.1, -0.05) is 0 Å². The lowest BCUT2D eigenvalue weighted by molar-refractivity contribution is -0.129. The zero-order chi connectivity index (χ0) is 17.3. The maximum Gasteiger partial charge on any atom is 0.229 e. The second kappa shape index (κ2) is 6.80. The van der Waals surface area contributed by atoms with E-state index in [4.69, 9.17) is 4.74 Å². The highest BCUT2D eigenvalue weighted by molar-refractivity contribution is 5.97. The molecule has 2 aliphatic rings. The second-order valence-corrected chi connectivity index (χ2v) is 6.05. The summed E-state index contributed by atoms with van der Waals surface area (Å²) in [7, 11) is 0. The van der Waals surface area contributed by atoms with Gasteiger partial charge in [0, 0.05) is 26.1 Å². The molecule has 5 nitrogen and oxygen atoms in total. The van der Waals surface area contributed by atoms with E-state index in [0.717, 1.165) is 25.0 Å². The van der Waals surface area contributed by atoms with Gasteiger partial charge in [0.25, 0.3) is 0 Å². The van der Waals surface area contributed by atoms with E-state index in [9.17, 15) is 22.8 Å². The number of nitrogens with one attached hydrogen (secondary N) is 1. The molecule has 2 unspecified atom stereocenters. The summed E-state index contributed by atoms with van der Waals surface area (Å²) < 4.78 is 45.2. The number of likely N-dealkylation sites (tertiary alicyclic amines) is 1. The molecule has 2 atom stereocenters. The molecule has 2 aliphatic heterocycles. The number of rotatable bonds is 4. The fourth-order valence-corrected chi connectivity index (χ4v) is 3.02. The molecular formula is C16H17F3N2O3. The van der Waals surface area contributed by atoms with E-state index in [1.807, 2.05) is 0 Å². The Kier molecular flexibility index (Phi) is 4.75. The average Bonchev–Trinajstić information content (AvgIpc) is 3.19. The van der Waals surface area contributed by atoms with E-state index in [1.165, 1.54) is 0 Å². The molecule has 2 saturated heterocycles. The molecule has 8 heteroatoms. The molecule has 1 aromatic rings. The van der Waals surface area contributed by atoms with Crippen LogP contribution in [-0.4, -0.2) is 42.5 Å². The fourth-order valence-electron chi connectivity index (χ4n) is 3.02. The van der Waals surface area contributed by atoms with Gasteiger partial charge in [0.15, 0.2) is 17.5 Å². The number of anilines is 1. The van der Waals surface area contributed by atoms with E-state index in [2.05, 4.69) is 5.32 Å². The molecule has 2 heterocycles. The van der Waals surface area contributed by atoms with Crippen molar-refractivity contribution in [3.63, 3.8) is 0 Å². The average molecular weight is 342 g/mol. The Morgan fingerprint density at radius 2 is 2.08 bits per heavy atom. The lowest BCUT2D eigenvalue weighted by Gasteiger charge is -2.20. The maximum absolute atomic E-state index is 13.6. The molecular weight excluding hydrogens is 325 g/mol. The fraction of sp³-hybridized carbons (Fsp3) is 0.500. The van der Waals surface area contributed by atoms with Crippen molar-refractivity contribution in [1.82, 2.24) is 4.90 Å². The molecule has 24 heavy (non-hydrogen) atoms. The molecule has 0 aliphatic carbocycles. The predicted octanol–water partition coefficient (Wildman–Crippen LogP) is 2.07. The molecule has 0 aromatic heterocycles. The van der Waals surface area contributed by atoms with Crippen LogP contribution in [0.3, 0.4) is 0 Å². The third-order valence-corrected chi connectivity index (χ3v) is 4.33. The van der Waals surface area contributed by atoms with Crippen molar-refractivity contribution < 1.29 is 27.5 Å². The lowest BCUT2D eigenvalue weighted by atomic mass is 10.1. The largest absolute Gasteiger partial charge is 0.376 e. The second-order valence-electron chi connectivity index (χ2n) is 6.05. The SMILES string of the molecule is O=C(Nc1ccc(F)c(F)c1F)C1CC(=O)N(CC2CCCO2)C1. The van der Waals surface area contributed by atoms with Crippen LogP contribution in [0.5, 0.6) is 0 Å². The van der Waals surface area contributed by atoms with Crippen LogP contribution >= 0.6 is 0 Å².